The highest BCUT2D eigenvalue weighted by atomic mass is 35.5. The number of ether oxygens (including phenoxy) is 2. The minimum Gasteiger partial charge on any atom is -0.458 e. The smallest absolute Gasteiger partial charge is 0.329 e. The zero-order chi connectivity index (χ0) is 27.2. The molecule has 0 spiro atoms. The van der Waals surface area contributed by atoms with Gasteiger partial charge in [-0.1, -0.05) is 28.4 Å². The first kappa shape index (κ1) is 29.2. The van der Waals surface area contributed by atoms with Gasteiger partial charge in [0.2, 0.25) is 11.8 Å². The SMILES string of the molecule is CC(C)(C)OC(=O)C(CC1CCCCO1)N(CC(=O)Nc1cc(Cl)ccc1-n1cc(Cl)nn1)C(=O)CCl. The molecule has 2 unspecified atom stereocenters. The van der Waals surface area contributed by atoms with E-state index < -0.39 is 41.9 Å². The average Bonchev–Trinajstić information content (AvgIpc) is 3.26. The van der Waals surface area contributed by atoms with Gasteiger partial charge in [0.15, 0.2) is 5.15 Å². The minimum atomic E-state index is -1.06. The number of halogens is 3. The van der Waals surface area contributed by atoms with Gasteiger partial charge in [-0.2, -0.15) is 0 Å². The third-order valence-corrected chi connectivity index (χ3v) is 6.15. The third kappa shape index (κ3) is 8.56. The molecule has 37 heavy (non-hydrogen) atoms. The lowest BCUT2D eigenvalue weighted by Gasteiger charge is -2.34. The van der Waals surface area contributed by atoms with Crippen LogP contribution in [-0.2, 0) is 23.9 Å². The van der Waals surface area contributed by atoms with Crippen LogP contribution in [0.5, 0.6) is 0 Å². The van der Waals surface area contributed by atoms with Crippen molar-refractivity contribution >= 4 is 58.3 Å². The molecular formula is C24H30Cl3N5O5. The van der Waals surface area contributed by atoms with Crippen LogP contribution in [0.2, 0.25) is 10.2 Å². The van der Waals surface area contributed by atoms with E-state index in [9.17, 15) is 14.4 Å². The van der Waals surface area contributed by atoms with Crippen LogP contribution in [0.3, 0.4) is 0 Å². The summed E-state index contributed by atoms with van der Waals surface area (Å²) in [4.78, 5) is 40.5. The van der Waals surface area contributed by atoms with Gasteiger partial charge in [-0.15, -0.1) is 16.7 Å². The van der Waals surface area contributed by atoms with Crippen molar-refractivity contribution in [1.29, 1.82) is 0 Å². The summed E-state index contributed by atoms with van der Waals surface area (Å²) in [7, 11) is 0. The molecule has 0 radical (unpaired) electrons. The molecule has 202 valence electrons. The predicted molar refractivity (Wildman–Crippen MR) is 140 cm³/mol. The van der Waals surface area contributed by atoms with E-state index in [1.165, 1.54) is 16.9 Å². The fraction of sp³-hybridized carbons (Fsp3) is 0.542. The van der Waals surface area contributed by atoms with Gasteiger partial charge in [0.05, 0.1) is 23.7 Å². The van der Waals surface area contributed by atoms with Crippen molar-refractivity contribution in [2.75, 3.05) is 24.3 Å². The van der Waals surface area contributed by atoms with Crippen molar-refractivity contribution in [2.45, 2.75) is 64.2 Å². The number of rotatable bonds is 9. The quantitative estimate of drug-likeness (QED) is 0.352. The Bertz CT molecular complexity index is 1110. The minimum absolute atomic E-state index is 0.163. The number of carbonyl (C=O) groups is 3. The number of hydrogen-bond donors (Lipinski definition) is 1. The van der Waals surface area contributed by atoms with Crippen LogP contribution < -0.4 is 5.32 Å². The molecule has 1 saturated heterocycles. The molecule has 1 fully saturated rings. The van der Waals surface area contributed by atoms with Crippen LogP contribution in [-0.4, -0.2) is 74.5 Å². The molecule has 1 N–H and O–H groups in total. The first-order valence-corrected chi connectivity index (χ1v) is 13.1. The molecule has 2 aromatic rings. The maximum atomic E-state index is 13.2. The van der Waals surface area contributed by atoms with Gasteiger partial charge in [0, 0.05) is 18.1 Å². The lowest BCUT2D eigenvalue weighted by Crippen LogP contribution is -2.52. The van der Waals surface area contributed by atoms with E-state index in [-0.39, 0.29) is 17.7 Å². The number of amides is 2. The van der Waals surface area contributed by atoms with E-state index in [1.807, 2.05) is 0 Å². The van der Waals surface area contributed by atoms with Crippen LogP contribution >= 0.6 is 34.8 Å². The van der Waals surface area contributed by atoms with E-state index in [2.05, 4.69) is 15.6 Å². The fourth-order valence-electron chi connectivity index (χ4n) is 3.93. The number of carbonyl (C=O) groups excluding carboxylic acids is 3. The van der Waals surface area contributed by atoms with Crippen LogP contribution in [0.15, 0.2) is 24.4 Å². The normalized spacial score (nSPS) is 16.6. The second-order valence-corrected chi connectivity index (χ2v) is 10.7. The summed E-state index contributed by atoms with van der Waals surface area (Å²) in [5, 5.41) is 10.9. The molecule has 0 bridgehead atoms. The highest BCUT2D eigenvalue weighted by Crippen LogP contribution is 2.26. The zero-order valence-electron chi connectivity index (χ0n) is 20.9. The summed E-state index contributed by atoms with van der Waals surface area (Å²) in [5.41, 5.74) is -0.0384. The maximum absolute atomic E-state index is 13.2. The largest absolute Gasteiger partial charge is 0.458 e. The Labute approximate surface area is 230 Å². The van der Waals surface area contributed by atoms with Gasteiger partial charge < -0.3 is 19.7 Å². The predicted octanol–water partition coefficient (Wildman–Crippen LogP) is 4.25. The van der Waals surface area contributed by atoms with Crippen molar-refractivity contribution in [1.82, 2.24) is 19.9 Å². The number of benzene rings is 1. The molecule has 1 aliphatic rings. The molecule has 2 atom stereocenters. The Morgan fingerprint density at radius 2 is 2.03 bits per heavy atom. The van der Waals surface area contributed by atoms with Gasteiger partial charge >= 0.3 is 5.97 Å². The Kier molecular flexibility index (Phi) is 10.2. The van der Waals surface area contributed by atoms with Crippen LogP contribution in [0.25, 0.3) is 5.69 Å². The number of nitrogens with zero attached hydrogens (tertiary/aromatic N) is 4. The summed E-state index contributed by atoms with van der Waals surface area (Å²) >= 11 is 17.9. The first-order chi connectivity index (χ1) is 17.5. The first-order valence-electron chi connectivity index (χ1n) is 11.8. The third-order valence-electron chi connectivity index (χ3n) is 5.51. The van der Waals surface area contributed by atoms with Crippen molar-refractivity contribution in [3.05, 3.63) is 34.6 Å². The van der Waals surface area contributed by atoms with E-state index >= 15 is 0 Å². The molecule has 10 nitrogen and oxygen atoms in total. The van der Waals surface area contributed by atoms with Crippen molar-refractivity contribution in [2.24, 2.45) is 0 Å². The molecule has 1 aliphatic heterocycles. The Balaban J connectivity index is 1.86. The molecule has 1 aromatic carbocycles. The second-order valence-electron chi connectivity index (χ2n) is 9.62. The van der Waals surface area contributed by atoms with Gasteiger partial charge in [-0.25, -0.2) is 9.48 Å². The van der Waals surface area contributed by atoms with Gasteiger partial charge in [0.1, 0.15) is 24.1 Å². The van der Waals surface area contributed by atoms with Gasteiger partial charge in [-0.3, -0.25) is 9.59 Å². The van der Waals surface area contributed by atoms with Crippen LogP contribution in [0, 0.1) is 0 Å². The van der Waals surface area contributed by atoms with Crippen molar-refractivity contribution in [3.63, 3.8) is 0 Å². The topological polar surface area (TPSA) is 116 Å². The molecule has 2 heterocycles. The van der Waals surface area contributed by atoms with Crippen molar-refractivity contribution in [3.8, 4) is 5.69 Å². The molecular weight excluding hydrogens is 545 g/mol. The highest BCUT2D eigenvalue weighted by molar-refractivity contribution is 6.31. The lowest BCUT2D eigenvalue weighted by atomic mass is 10.00. The summed E-state index contributed by atoms with van der Waals surface area (Å²) in [5.74, 6) is -2.21. The second kappa shape index (κ2) is 12.9. The molecule has 13 heteroatoms. The monoisotopic (exact) mass is 573 g/mol. The van der Waals surface area contributed by atoms with E-state index in [0.717, 1.165) is 24.2 Å². The van der Waals surface area contributed by atoms with Crippen LogP contribution in [0.1, 0.15) is 46.5 Å². The summed E-state index contributed by atoms with van der Waals surface area (Å²) in [6.07, 6.45) is 4.01. The number of anilines is 1. The number of alkyl halides is 1. The number of esters is 1. The van der Waals surface area contributed by atoms with E-state index in [4.69, 9.17) is 44.3 Å². The van der Waals surface area contributed by atoms with Crippen molar-refractivity contribution < 1.29 is 23.9 Å². The molecule has 1 aromatic heterocycles. The summed E-state index contributed by atoms with van der Waals surface area (Å²) in [6.45, 7) is 5.31. The molecule has 3 rings (SSSR count). The standard InChI is InChI=1S/C24H30Cl3N5O5/c1-24(2,3)37-23(35)19(11-16-6-4-5-9-36-16)31(22(34)12-25)14-21(33)28-17-10-15(26)7-8-18(17)32-13-20(27)29-30-32/h7-8,10,13,16,19H,4-6,9,11-12,14H2,1-3H3,(H,28,33). The summed E-state index contributed by atoms with van der Waals surface area (Å²) < 4.78 is 12.8. The van der Waals surface area contributed by atoms with Crippen LogP contribution in [0.4, 0.5) is 5.69 Å². The fourth-order valence-corrected chi connectivity index (χ4v) is 4.38. The van der Waals surface area contributed by atoms with Gasteiger partial charge in [0.25, 0.3) is 0 Å². The number of aromatic nitrogens is 3. The Hall–Kier alpha value is -2.40. The molecule has 0 saturated carbocycles. The number of hydrogen-bond acceptors (Lipinski definition) is 7. The Morgan fingerprint density at radius 1 is 1.27 bits per heavy atom. The lowest BCUT2D eigenvalue weighted by molar-refractivity contribution is -0.166. The molecule has 2 amide bonds. The summed E-state index contributed by atoms with van der Waals surface area (Å²) in [6, 6.07) is 3.72. The number of nitrogens with one attached hydrogen (secondary N) is 1. The molecule has 0 aliphatic carbocycles. The highest BCUT2D eigenvalue weighted by Gasteiger charge is 2.37. The van der Waals surface area contributed by atoms with E-state index in [0.29, 0.717) is 23.0 Å². The maximum Gasteiger partial charge on any atom is 0.329 e. The van der Waals surface area contributed by atoms with E-state index in [1.54, 1.807) is 32.9 Å². The average molecular weight is 575 g/mol. The zero-order valence-corrected chi connectivity index (χ0v) is 23.1. The Morgan fingerprint density at radius 3 is 2.62 bits per heavy atom. The van der Waals surface area contributed by atoms with Gasteiger partial charge in [-0.05, 0) is 58.2 Å².